The van der Waals surface area contributed by atoms with Crippen LogP contribution < -0.4 is 10.6 Å². The summed E-state index contributed by atoms with van der Waals surface area (Å²) in [7, 11) is -4.35. The Labute approximate surface area is 196 Å². The molecule has 0 aromatic heterocycles. The molecule has 1 saturated heterocycles. The van der Waals surface area contributed by atoms with Gasteiger partial charge in [0.1, 0.15) is 0 Å². The van der Waals surface area contributed by atoms with Gasteiger partial charge in [-0.05, 0) is 30.5 Å². The Hall–Kier alpha value is -2.92. The standard InChI is InChI=1S/C23H26F3N3O4S/c24-23(25,26)19-8-4-5-9-20(19)34(32,33)29-14-10-18(11-15-29)22(31)28-13-12-27-21(30)16-17-6-2-1-3-7-17/h1-9,18H,10-16H2,(H,27,30)(H,28,31). The molecule has 2 aromatic carbocycles. The maximum Gasteiger partial charge on any atom is 0.417 e. The number of alkyl halides is 3. The Bertz CT molecular complexity index is 1100. The molecular formula is C23H26F3N3O4S. The SMILES string of the molecule is O=C(Cc1ccccc1)NCCNC(=O)C1CCN(S(=O)(=O)c2ccccc2C(F)(F)F)CC1. The van der Waals surface area contributed by atoms with Gasteiger partial charge in [0.05, 0.1) is 16.9 Å². The Balaban J connectivity index is 1.45. The van der Waals surface area contributed by atoms with Gasteiger partial charge in [-0.2, -0.15) is 17.5 Å². The summed E-state index contributed by atoms with van der Waals surface area (Å²) in [5.41, 5.74) is -0.326. The van der Waals surface area contributed by atoms with Crippen molar-refractivity contribution in [2.45, 2.75) is 30.3 Å². The van der Waals surface area contributed by atoms with Gasteiger partial charge in [-0.15, -0.1) is 0 Å². The minimum absolute atomic E-state index is 0.0551. The Morgan fingerprint density at radius 2 is 1.50 bits per heavy atom. The second-order valence-corrected chi connectivity index (χ2v) is 9.88. The summed E-state index contributed by atoms with van der Waals surface area (Å²) in [4.78, 5) is 23.6. The highest BCUT2D eigenvalue weighted by Crippen LogP contribution is 2.36. The van der Waals surface area contributed by atoms with Gasteiger partial charge in [0.2, 0.25) is 21.8 Å². The zero-order valence-electron chi connectivity index (χ0n) is 18.3. The lowest BCUT2D eigenvalue weighted by Crippen LogP contribution is -2.44. The first-order chi connectivity index (χ1) is 16.1. The summed E-state index contributed by atoms with van der Waals surface area (Å²) in [6.45, 7) is 0.358. The van der Waals surface area contributed by atoms with Crippen LogP contribution >= 0.6 is 0 Å². The molecule has 0 spiro atoms. The van der Waals surface area contributed by atoms with Crippen molar-refractivity contribution in [1.82, 2.24) is 14.9 Å². The molecule has 1 aliphatic rings. The Morgan fingerprint density at radius 3 is 2.15 bits per heavy atom. The Morgan fingerprint density at radius 1 is 0.912 bits per heavy atom. The number of amides is 2. The number of carbonyl (C=O) groups excluding carboxylic acids is 2. The summed E-state index contributed by atoms with van der Waals surface area (Å²) in [5, 5.41) is 5.43. The van der Waals surface area contributed by atoms with Crippen LogP contribution in [0.1, 0.15) is 24.0 Å². The molecule has 0 atom stereocenters. The van der Waals surface area contributed by atoms with Crippen LogP contribution in [-0.2, 0) is 32.2 Å². The van der Waals surface area contributed by atoms with E-state index in [1.807, 2.05) is 30.3 Å². The van der Waals surface area contributed by atoms with Crippen LogP contribution in [0, 0.1) is 5.92 Å². The average molecular weight is 498 g/mol. The monoisotopic (exact) mass is 497 g/mol. The van der Waals surface area contributed by atoms with E-state index in [2.05, 4.69) is 10.6 Å². The predicted octanol–water partition coefficient (Wildman–Crippen LogP) is 2.58. The van der Waals surface area contributed by atoms with Crippen molar-refractivity contribution < 1.29 is 31.2 Å². The average Bonchev–Trinajstić information content (AvgIpc) is 2.82. The number of hydrogen-bond donors (Lipinski definition) is 2. The summed E-state index contributed by atoms with van der Waals surface area (Å²) in [6, 6.07) is 13.3. The number of rotatable bonds is 8. The third-order valence-electron chi connectivity index (χ3n) is 5.59. The van der Waals surface area contributed by atoms with Crippen LogP contribution in [0.15, 0.2) is 59.5 Å². The highest BCUT2D eigenvalue weighted by Gasteiger charge is 2.40. The normalized spacial score (nSPS) is 15.6. The molecule has 0 bridgehead atoms. The molecule has 2 amide bonds. The number of nitrogens with one attached hydrogen (secondary N) is 2. The summed E-state index contributed by atoms with van der Waals surface area (Å²) in [5.74, 6) is -0.896. The van der Waals surface area contributed by atoms with Crippen molar-refractivity contribution >= 4 is 21.8 Å². The van der Waals surface area contributed by atoms with Gasteiger partial charge in [0.25, 0.3) is 0 Å². The molecule has 2 N–H and O–H groups in total. The topological polar surface area (TPSA) is 95.6 Å². The quantitative estimate of drug-likeness (QED) is 0.548. The van der Waals surface area contributed by atoms with E-state index in [0.717, 1.165) is 28.1 Å². The van der Waals surface area contributed by atoms with Crippen molar-refractivity contribution in [3.63, 3.8) is 0 Å². The highest BCUT2D eigenvalue weighted by molar-refractivity contribution is 7.89. The van der Waals surface area contributed by atoms with E-state index in [-0.39, 0.29) is 57.3 Å². The molecule has 1 aliphatic heterocycles. The van der Waals surface area contributed by atoms with Gasteiger partial charge >= 0.3 is 6.18 Å². The van der Waals surface area contributed by atoms with Crippen LogP contribution in [0.2, 0.25) is 0 Å². The van der Waals surface area contributed by atoms with Gasteiger partial charge in [0.15, 0.2) is 0 Å². The van der Waals surface area contributed by atoms with Crippen LogP contribution in [0.4, 0.5) is 13.2 Å². The lowest BCUT2D eigenvalue weighted by molar-refractivity contribution is -0.140. The van der Waals surface area contributed by atoms with Crippen molar-refractivity contribution in [3.8, 4) is 0 Å². The maximum absolute atomic E-state index is 13.3. The van der Waals surface area contributed by atoms with Crippen LogP contribution in [0.3, 0.4) is 0 Å². The van der Waals surface area contributed by atoms with E-state index in [1.54, 1.807) is 0 Å². The minimum Gasteiger partial charge on any atom is -0.354 e. The molecule has 11 heteroatoms. The number of halogens is 3. The van der Waals surface area contributed by atoms with E-state index in [0.29, 0.717) is 0 Å². The molecule has 0 aliphatic carbocycles. The molecule has 3 rings (SSSR count). The van der Waals surface area contributed by atoms with Crippen LogP contribution in [0.5, 0.6) is 0 Å². The third kappa shape index (κ3) is 6.57. The van der Waals surface area contributed by atoms with Gasteiger partial charge in [-0.25, -0.2) is 8.42 Å². The summed E-state index contributed by atoms with van der Waals surface area (Å²) >= 11 is 0. The number of carbonyl (C=O) groups is 2. The number of nitrogens with zero attached hydrogens (tertiary/aromatic N) is 1. The van der Waals surface area contributed by atoms with Crippen molar-refractivity contribution in [2.24, 2.45) is 5.92 Å². The largest absolute Gasteiger partial charge is 0.417 e. The first kappa shape index (κ1) is 25.7. The molecule has 2 aromatic rings. The number of benzene rings is 2. The van der Waals surface area contributed by atoms with E-state index in [9.17, 15) is 31.2 Å². The zero-order valence-corrected chi connectivity index (χ0v) is 19.2. The molecule has 1 heterocycles. The third-order valence-corrected chi connectivity index (χ3v) is 7.55. The lowest BCUT2D eigenvalue weighted by atomic mass is 9.97. The van der Waals surface area contributed by atoms with E-state index in [1.165, 1.54) is 6.07 Å². The van der Waals surface area contributed by atoms with Gasteiger partial charge < -0.3 is 10.6 Å². The fraction of sp³-hybridized carbons (Fsp3) is 0.391. The molecule has 0 radical (unpaired) electrons. The molecular weight excluding hydrogens is 471 g/mol. The molecule has 184 valence electrons. The van der Waals surface area contributed by atoms with Gasteiger partial charge in [-0.1, -0.05) is 42.5 Å². The van der Waals surface area contributed by atoms with Crippen LogP contribution in [-0.4, -0.2) is 50.7 Å². The predicted molar refractivity (Wildman–Crippen MR) is 119 cm³/mol. The first-order valence-corrected chi connectivity index (χ1v) is 12.3. The number of sulfonamides is 1. The van der Waals surface area contributed by atoms with E-state index in [4.69, 9.17) is 0 Å². The minimum atomic E-state index is -4.79. The second-order valence-electron chi connectivity index (χ2n) is 7.98. The van der Waals surface area contributed by atoms with Gasteiger partial charge in [0, 0.05) is 32.1 Å². The Kier molecular flexibility index (Phi) is 8.32. The molecule has 7 nitrogen and oxygen atoms in total. The van der Waals surface area contributed by atoms with Crippen molar-refractivity contribution in [2.75, 3.05) is 26.2 Å². The smallest absolute Gasteiger partial charge is 0.354 e. The van der Waals surface area contributed by atoms with E-state index >= 15 is 0 Å². The fourth-order valence-electron chi connectivity index (χ4n) is 3.80. The number of piperidine rings is 1. The number of hydrogen-bond acceptors (Lipinski definition) is 4. The van der Waals surface area contributed by atoms with Crippen molar-refractivity contribution in [3.05, 3.63) is 65.7 Å². The highest BCUT2D eigenvalue weighted by atomic mass is 32.2. The van der Waals surface area contributed by atoms with Gasteiger partial charge in [-0.3, -0.25) is 9.59 Å². The van der Waals surface area contributed by atoms with E-state index < -0.39 is 32.6 Å². The van der Waals surface area contributed by atoms with Crippen LogP contribution in [0.25, 0.3) is 0 Å². The zero-order chi connectivity index (χ0) is 24.8. The van der Waals surface area contributed by atoms with Crippen molar-refractivity contribution in [1.29, 1.82) is 0 Å². The summed E-state index contributed by atoms with van der Waals surface area (Å²) < 4.78 is 66.4. The molecule has 34 heavy (non-hydrogen) atoms. The lowest BCUT2D eigenvalue weighted by Gasteiger charge is -2.31. The summed E-state index contributed by atoms with van der Waals surface area (Å²) in [6.07, 6.45) is -4.17. The molecule has 1 fully saturated rings. The first-order valence-electron chi connectivity index (χ1n) is 10.8. The molecule has 0 unspecified atom stereocenters. The maximum atomic E-state index is 13.3. The molecule has 0 saturated carbocycles. The second kappa shape index (κ2) is 11.0. The fourth-order valence-corrected chi connectivity index (χ4v) is 5.48.